The van der Waals surface area contributed by atoms with Crippen LogP contribution in [0.3, 0.4) is 0 Å². The Labute approximate surface area is 69.1 Å². The number of alkyl halides is 4. The summed E-state index contributed by atoms with van der Waals surface area (Å²) in [4.78, 5) is 0. The Kier molecular flexibility index (Phi) is 4.91. The Morgan fingerprint density at radius 3 is 1.25 bits per heavy atom. The van der Waals surface area contributed by atoms with Crippen molar-refractivity contribution in [3.8, 4) is 0 Å². The molecule has 12 heavy (non-hydrogen) atoms. The molecule has 0 aromatic rings. The zero-order valence-corrected chi connectivity index (χ0v) is 8.00. The predicted molar refractivity (Wildman–Crippen MR) is 35.2 cm³/mol. The smallest absolute Gasteiger partial charge is 0.307 e. The molecule has 8 heteroatoms. The molecule has 0 amide bonds. The van der Waals surface area contributed by atoms with Gasteiger partial charge in [0, 0.05) is 5.16 Å². The Morgan fingerprint density at radius 1 is 0.833 bits per heavy atom. The number of hydrogen-bond acceptors (Lipinski definition) is 0. The molecule has 0 N–H and O–H groups in total. The third kappa shape index (κ3) is 3.17. The molecule has 0 fully saturated rings. The van der Waals surface area contributed by atoms with Crippen LogP contribution in [0.1, 0.15) is 6.92 Å². The molecular formula is C4H6F6Si2. The second kappa shape index (κ2) is 4.90. The second-order valence-electron chi connectivity index (χ2n) is 2.09. The quantitative estimate of drug-likeness (QED) is 0.391. The van der Waals surface area contributed by atoms with Gasteiger partial charge < -0.3 is 8.22 Å². The largest absolute Gasteiger partial charge is 0.350 e. The molecule has 0 saturated heterocycles. The molecule has 0 rings (SSSR count). The van der Waals surface area contributed by atoms with Gasteiger partial charge in [0.25, 0.3) is 12.1 Å². The fourth-order valence-corrected chi connectivity index (χ4v) is 3.08. The van der Waals surface area contributed by atoms with E-state index >= 15 is 0 Å². The maximum atomic E-state index is 12.3. The maximum Gasteiger partial charge on any atom is 0.350 e. The van der Waals surface area contributed by atoms with E-state index in [9.17, 15) is 25.8 Å². The van der Waals surface area contributed by atoms with Crippen molar-refractivity contribution in [2.24, 2.45) is 0 Å². The number of halogens is 6. The van der Waals surface area contributed by atoms with Gasteiger partial charge in [0.2, 0.25) is 0 Å². The molecule has 0 bridgehead atoms. The predicted octanol–water partition coefficient (Wildman–Crippen LogP) is 2.45. The molecule has 0 saturated carbocycles. The highest BCUT2D eigenvalue weighted by molar-refractivity contribution is 6.74. The summed E-state index contributed by atoms with van der Waals surface area (Å²) < 4.78 is 71.0. The molecule has 0 unspecified atom stereocenters. The summed E-state index contributed by atoms with van der Waals surface area (Å²) in [5.41, 5.74) is 0. The fourth-order valence-electron chi connectivity index (χ4n) is 0.510. The highest BCUT2D eigenvalue weighted by Crippen LogP contribution is 2.24. The van der Waals surface area contributed by atoms with Gasteiger partial charge in [-0.15, -0.1) is 0 Å². The van der Waals surface area contributed by atoms with Crippen molar-refractivity contribution in [3.63, 3.8) is 0 Å². The van der Waals surface area contributed by atoms with Crippen molar-refractivity contribution in [1.29, 1.82) is 0 Å². The molecule has 0 aromatic heterocycles. The van der Waals surface area contributed by atoms with Gasteiger partial charge in [-0.1, -0.05) is 6.92 Å². The molecule has 0 aromatic carbocycles. The van der Waals surface area contributed by atoms with Crippen LogP contribution in [-0.2, 0) is 0 Å². The minimum Gasteiger partial charge on any atom is -0.307 e. The Hall–Kier alpha value is 0.0138. The van der Waals surface area contributed by atoms with Crippen LogP contribution < -0.4 is 0 Å². The minimum absolute atomic E-state index is 0.779. The Balaban J connectivity index is 4.08. The first-order chi connectivity index (χ1) is 5.37. The molecule has 0 heterocycles. The van der Waals surface area contributed by atoms with E-state index in [0.717, 1.165) is 6.92 Å². The highest BCUT2D eigenvalue weighted by Gasteiger charge is 2.43. The topological polar surface area (TPSA) is 0 Å². The van der Waals surface area contributed by atoms with Crippen molar-refractivity contribution < 1.29 is 25.8 Å². The summed E-state index contributed by atoms with van der Waals surface area (Å²) in [5, 5.41) is -1.78. The van der Waals surface area contributed by atoms with Gasteiger partial charge >= 0.3 is 18.3 Å². The van der Waals surface area contributed by atoms with E-state index in [0.29, 0.717) is 0 Å². The molecule has 2 radical (unpaired) electrons. The van der Waals surface area contributed by atoms with Crippen molar-refractivity contribution in [3.05, 3.63) is 0 Å². The molecule has 0 nitrogen and oxygen atoms in total. The molecule has 0 atom stereocenters. The van der Waals surface area contributed by atoms with E-state index in [1.54, 1.807) is 0 Å². The molecule has 0 aliphatic heterocycles. The van der Waals surface area contributed by atoms with Gasteiger partial charge in [-0.25, -0.2) is 17.6 Å². The lowest BCUT2D eigenvalue weighted by Gasteiger charge is -2.13. The highest BCUT2D eigenvalue weighted by atomic mass is 28.4. The van der Waals surface area contributed by atoms with Crippen LogP contribution in [0.25, 0.3) is 0 Å². The van der Waals surface area contributed by atoms with E-state index < -0.39 is 35.5 Å². The average Bonchev–Trinajstić information content (AvgIpc) is 2.00. The van der Waals surface area contributed by atoms with Crippen LogP contribution in [0.2, 0.25) is 5.16 Å². The lowest BCUT2D eigenvalue weighted by molar-refractivity contribution is 0.212. The van der Waals surface area contributed by atoms with Gasteiger partial charge in [0.05, 0.1) is 0 Å². The fraction of sp³-hybridized carbons (Fsp3) is 1.00. The summed E-state index contributed by atoms with van der Waals surface area (Å²) in [6.07, 6.45) is 0. The van der Waals surface area contributed by atoms with Crippen molar-refractivity contribution in [2.45, 2.75) is 24.2 Å². The van der Waals surface area contributed by atoms with Crippen molar-refractivity contribution in [1.82, 2.24) is 0 Å². The molecular weight excluding hydrogens is 218 g/mol. The van der Waals surface area contributed by atoms with Gasteiger partial charge in [-0.05, 0) is 0 Å². The number of hydrogen-bond donors (Lipinski definition) is 0. The zero-order chi connectivity index (χ0) is 9.89. The molecule has 0 spiro atoms. The molecule has 72 valence electrons. The van der Waals surface area contributed by atoms with Crippen LogP contribution in [0, 0.1) is 0 Å². The zero-order valence-electron chi connectivity index (χ0n) is 6.00. The average molecular weight is 224 g/mol. The summed E-state index contributed by atoms with van der Waals surface area (Å²) >= 11 is 0. The van der Waals surface area contributed by atoms with Gasteiger partial charge in [-0.3, -0.25) is 0 Å². The maximum absolute atomic E-state index is 12.3. The second-order valence-corrected chi connectivity index (χ2v) is 6.81. The van der Waals surface area contributed by atoms with Crippen molar-refractivity contribution >= 4 is 18.3 Å². The van der Waals surface area contributed by atoms with E-state index in [-0.39, 0.29) is 0 Å². The number of rotatable bonds is 4. The van der Waals surface area contributed by atoms with E-state index in [1.165, 1.54) is 0 Å². The summed E-state index contributed by atoms with van der Waals surface area (Å²) in [5.74, 6) is 0. The monoisotopic (exact) mass is 224 g/mol. The van der Waals surface area contributed by atoms with Crippen LogP contribution in [-0.4, -0.2) is 30.4 Å². The van der Waals surface area contributed by atoms with Gasteiger partial charge in [-0.2, -0.15) is 0 Å². The summed E-state index contributed by atoms with van der Waals surface area (Å²) in [6, 6.07) is -6.58. The van der Waals surface area contributed by atoms with Gasteiger partial charge in [0.15, 0.2) is 0 Å². The lowest BCUT2D eigenvalue weighted by Crippen LogP contribution is -2.36. The van der Waals surface area contributed by atoms with E-state index in [4.69, 9.17) is 0 Å². The Bertz CT molecular complexity index is 117. The minimum atomic E-state index is -3.77. The SMILES string of the molecule is CC([Si](F)C(F)F)[Si](F)C(F)F. The normalized spacial score (nSPS) is 13.0. The first-order valence-corrected chi connectivity index (χ1v) is 6.05. The first-order valence-electron chi connectivity index (χ1n) is 2.98. The van der Waals surface area contributed by atoms with Crippen LogP contribution >= 0.6 is 0 Å². The molecule has 0 aliphatic rings. The standard InChI is InChI=1S/C4H6F6Si2/c1-2(11(9)3(5)6)12(10)4(7)8/h2-4H,1H3. The van der Waals surface area contributed by atoms with Crippen LogP contribution in [0.4, 0.5) is 25.8 Å². The van der Waals surface area contributed by atoms with Gasteiger partial charge in [0.1, 0.15) is 0 Å². The first kappa shape index (κ1) is 12.0. The summed E-state index contributed by atoms with van der Waals surface area (Å²) in [7, 11) is -7.54. The van der Waals surface area contributed by atoms with E-state index in [1.807, 2.05) is 0 Å². The van der Waals surface area contributed by atoms with Crippen LogP contribution in [0.5, 0.6) is 0 Å². The third-order valence-electron chi connectivity index (χ3n) is 1.24. The molecule has 0 aliphatic carbocycles. The van der Waals surface area contributed by atoms with Crippen molar-refractivity contribution in [2.75, 3.05) is 0 Å². The third-order valence-corrected chi connectivity index (χ3v) is 5.39. The summed E-state index contributed by atoms with van der Waals surface area (Å²) in [6.45, 7) is 0.779. The lowest BCUT2D eigenvalue weighted by atomic mass is 10.9. The van der Waals surface area contributed by atoms with Crippen LogP contribution in [0.15, 0.2) is 0 Å². The van der Waals surface area contributed by atoms with E-state index in [2.05, 4.69) is 0 Å². The Morgan fingerprint density at radius 2 is 1.08 bits per heavy atom.